The Morgan fingerprint density at radius 2 is 1.10 bits per heavy atom. The first-order valence-corrected chi connectivity index (χ1v) is 17.1. The quantitative estimate of drug-likeness (QED) is 0.681. The molecule has 0 aromatic heterocycles. The predicted molar refractivity (Wildman–Crippen MR) is 132 cm³/mol. The Bertz CT molecular complexity index is 651. The molecule has 3 nitrogen and oxygen atoms in total. The number of anilines is 2. The van der Waals surface area contributed by atoms with Gasteiger partial charge in [0.15, 0.2) is 0 Å². The number of fused-ring (bicyclic) bond motifs is 1. The van der Waals surface area contributed by atoms with E-state index in [0.29, 0.717) is 0 Å². The van der Waals surface area contributed by atoms with Crippen LogP contribution in [0, 0.1) is 10.8 Å². The summed E-state index contributed by atoms with van der Waals surface area (Å²) in [6.45, 7) is 30.8. The average molecular weight is 426 g/mol. The van der Waals surface area contributed by atoms with Crippen LogP contribution in [-0.4, -0.2) is 34.3 Å². The van der Waals surface area contributed by atoms with E-state index in [1.54, 1.807) is 0 Å². The molecule has 1 aromatic carbocycles. The first-order chi connectivity index (χ1) is 12.4. The number of nitrogens with zero attached hydrogens (tertiary/aromatic N) is 3. The fourth-order valence-corrected chi connectivity index (χ4v) is 18.2. The molecular weight excluding hydrogens is 381 g/mol. The monoisotopic (exact) mass is 425 g/mol. The van der Waals surface area contributed by atoms with Crippen LogP contribution in [0.2, 0.25) is 19.6 Å². The zero-order valence-electron chi connectivity index (χ0n) is 21.6. The van der Waals surface area contributed by atoms with Crippen LogP contribution in [0.1, 0.15) is 62.3 Å². The minimum atomic E-state index is -2.32. The number of rotatable bonds is 4. The first-order valence-electron chi connectivity index (χ1n) is 10.8. The fraction of sp³-hybridized carbons (Fsp3) is 0.739. The molecule has 0 saturated carbocycles. The fourth-order valence-electron chi connectivity index (χ4n) is 4.31. The SMILES string of the molecule is CC(C)(C)CN1c2ccccc2N(CC(C)(C)C)[Si]1([N-]C(C)(C)C)[Si](C)(C)C.[Li+]. The number of para-hydroxylation sites is 2. The molecule has 160 valence electrons. The largest absolute Gasteiger partial charge is 1.00 e. The van der Waals surface area contributed by atoms with E-state index in [0.717, 1.165) is 13.1 Å². The third kappa shape index (κ3) is 5.95. The van der Waals surface area contributed by atoms with Gasteiger partial charge in [0.05, 0.1) is 19.0 Å². The molecule has 29 heavy (non-hydrogen) atoms. The van der Waals surface area contributed by atoms with Crippen molar-refractivity contribution in [3.63, 3.8) is 0 Å². The molecule has 0 fully saturated rings. The van der Waals surface area contributed by atoms with Crippen LogP contribution in [-0.2, 0) is 0 Å². The summed E-state index contributed by atoms with van der Waals surface area (Å²) in [5, 5.41) is 0. The van der Waals surface area contributed by atoms with E-state index >= 15 is 0 Å². The molecular formula is C23H44LiN3Si2. The van der Waals surface area contributed by atoms with E-state index in [4.69, 9.17) is 4.98 Å². The van der Waals surface area contributed by atoms with Crippen LogP contribution >= 0.6 is 0 Å². The van der Waals surface area contributed by atoms with Crippen LogP contribution in [0.15, 0.2) is 24.3 Å². The number of hydrogen-bond acceptors (Lipinski definition) is 2. The van der Waals surface area contributed by atoms with Crippen molar-refractivity contribution in [2.75, 3.05) is 22.2 Å². The van der Waals surface area contributed by atoms with Crippen LogP contribution in [0.4, 0.5) is 11.4 Å². The number of benzene rings is 1. The molecule has 0 saturated heterocycles. The van der Waals surface area contributed by atoms with Gasteiger partial charge < -0.3 is 14.1 Å². The van der Waals surface area contributed by atoms with E-state index in [1.807, 2.05) is 0 Å². The zero-order chi connectivity index (χ0) is 21.8. The number of hydrogen-bond donors (Lipinski definition) is 0. The van der Waals surface area contributed by atoms with Gasteiger partial charge in [0.2, 0.25) is 0 Å². The molecule has 1 heterocycles. The van der Waals surface area contributed by atoms with Gasteiger partial charge in [-0.05, 0) is 23.0 Å². The topological polar surface area (TPSA) is 20.6 Å². The first kappa shape index (κ1) is 26.8. The van der Waals surface area contributed by atoms with Gasteiger partial charge >= 0.3 is 18.9 Å². The third-order valence-corrected chi connectivity index (χ3v) is 18.3. The molecule has 0 atom stereocenters. The Balaban J connectivity index is 0.00000420. The Morgan fingerprint density at radius 1 is 0.759 bits per heavy atom. The van der Waals surface area contributed by atoms with Crippen molar-refractivity contribution in [2.24, 2.45) is 10.8 Å². The minimum Gasteiger partial charge on any atom is -0.627 e. The Labute approximate surface area is 195 Å². The van der Waals surface area contributed by atoms with Crippen molar-refractivity contribution in [3.05, 3.63) is 29.2 Å². The molecule has 0 bridgehead atoms. The summed E-state index contributed by atoms with van der Waals surface area (Å²) in [7, 11) is -4.01. The minimum absolute atomic E-state index is 0. The van der Waals surface area contributed by atoms with Crippen molar-refractivity contribution in [2.45, 2.75) is 87.5 Å². The van der Waals surface area contributed by atoms with Crippen molar-refractivity contribution in [1.29, 1.82) is 0 Å². The van der Waals surface area contributed by atoms with Crippen LogP contribution in [0.25, 0.3) is 4.98 Å². The van der Waals surface area contributed by atoms with Crippen LogP contribution < -0.4 is 28.0 Å². The second kappa shape index (κ2) is 8.39. The molecule has 0 aliphatic carbocycles. The molecule has 0 unspecified atom stereocenters. The maximum atomic E-state index is 5.81. The van der Waals surface area contributed by atoms with Crippen molar-refractivity contribution < 1.29 is 18.9 Å². The van der Waals surface area contributed by atoms with E-state index in [2.05, 4.69) is 115 Å². The zero-order valence-corrected chi connectivity index (χ0v) is 23.6. The van der Waals surface area contributed by atoms with E-state index in [9.17, 15) is 0 Å². The summed E-state index contributed by atoms with van der Waals surface area (Å²) in [6.07, 6.45) is 0. The van der Waals surface area contributed by atoms with Crippen molar-refractivity contribution in [3.8, 4) is 0 Å². The molecule has 1 aromatic rings. The standard InChI is InChI=1S/C23H44N3Si2.Li/c1-21(2,3)17-25-19-15-13-14-16-20(19)26(18-22(4,5)6)28(25,27(10,11)12)24-23(7,8)9;/h13-16H,17-18H2,1-12H3;/q-1;+1. The van der Waals surface area contributed by atoms with Gasteiger partial charge in [-0.15, -0.1) is 5.54 Å². The normalized spacial score (nSPS) is 17.2. The second-order valence-electron chi connectivity index (χ2n) is 13.0. The summed E-state index contributed by atoms with van der Waals surface area (Å²) in [5.41, 5.74) is 3.19. The van der Waals surface area contributed by atoms with E-state index in [-0.39, 0.29) is 35.2 Å². The van der Waals surface area contributed by atoms with Crippen molar-refractivity contribution in [1.82, 2.24) is 0 Å². The molecule has 0 spiro atoms. The Hall–Kier alpha value is -0.189. The van der Waals surface area contributed by atoms with Crippen molar-refractivity contribution >= 4 is 27.0 Å². The Morgan fingerprint density at radius 3 is 1.34 bits per heavy atom. The molecule has 1 aliphatic rings. The van der Waals surface area contributed by atoms with Crippen LogP contribution in [0.5, 0.6) is 0 Å². The summed E-state index contributed by atoms with van der Waals surface area (Å²) >= 11 is 0. The molecule has 0 amide bonds. The van der Waals surface area contributed by atoms with Gasteiger partial charge in [0.25, 0.3) is 0 Å². The predicted octanol–water partition coefficient (Wildman–Crippen LogP) is 3.94. The summed E-state index contributed by atoms with van der Waals surface area (Å²) in [6, 6.07) is 9.08. The van der Waals surface area contributed by atoms with Gasteiger partial charge in [0.1, 0.15) is 8.08 Å². The van der Waals surface area contributed by atoms with Gasteiger partial charge in [-0.25, -0.2) is 0 Å². The summed E-state index contributed by atoms with van der Waals surface area (Å²) < 4.78 is 5.59. The summed E-state index contributed by atoms with van der Waals surface area (Å²) in [4.78, 5) is 5.81. The average Bonchev–Trinajstić information content (AvgIpc) is 2.66. The molecule has 6 heteroatoms. The van der Waals surface area contributed by atoms with Gasteiger partial charge in [0, 0.05) is 13.1 Å². The Kier molecular flexibility index (Phi) is 7.77. The molecule has 2 rings (SSSR count). The molecule has 0 radical (unpaired) electrons. The van der Waals surface area contributed by atoms with Gasteiger partial charge in [-0.2, -0.15) is 0 Å². The third-order valence-electron chi connectivity index (χ3n) is 4.98. The van der Waals surface area contributed by atoms with Crippen LogP contribution in [0.3, 0.4) is 0 Å². The van der Waals surface area contributed by atoms with Gasteiger partial charge in [-0.1, -0.05) is 94.1 Å². The van der Waals surface area contributed by atoms with E-state index in [1.165, 1.54) is 11.4 Å². The second-order valence-corrected chi connectivity index (χ2v) is 26.5. The molecule has 0 N–H and O–H groups in total. The van der Waals surface area contributed by atoms with E-state index < -0.39 is 15.7 Å². The summed E-state index contributed by atoms with van der Waals surface area (Å²) in [5.74, 6) is 0. The molecule has 1 aliphatic heterocycles. The maximum Gasteiger partial charge on any atom is 1.00 e. The smallest absolute Gasteiger partial charge is 0.627 e. The van der Waals surface area contributed by atoms with Gasteiger partial charge in [-0.3, -0.25) is 0 Å². The maximum absolute atomic E-state index is 5.81.